The lowest BCUT2D eigenvalue weighted by molar-refractivity contribution is 0.102. The predicted octanol–water partition coefficient (Wildman–Crippen LogP) is 3.89. The average molecular weight is 509 g/mol. The highest BCUT2D eigenvalue weighted by Crippen LogP contribution is 2.35. The number of halogens is 1. The molecular formula is C25H21FN4O5S. The number of rotatable bonds is 4. The van der Waals surface area contributed by atoms with Gasteiger partial charge in [-0.2, -0.15) is 5.10 Å². The van der Waals surface area contributed by atoms with Gasteiger partial charge >= 0.3 is 0 Å². The first-order chi connectivity index (χ1) is 17.3. The van der Waals surface area contributed by atoms with Crippen molar-refractivity contribution in [2.24, 2.45) is 0 Å². The number of amides is 1. The van der Waals surface area contributed by atoms with Crippen LogP contribution in [-0.2, 0) is 9.84 Å². The van der Waals surface area contributed by atoms with Gasteiger partial charge in [0.1, 0.15) is 5.82 Å². The van der Waals surface area contributed by atoms with Gasteiger partial charge in [0.2, 0.25) is 6.79 Å². The van der Waals surface area contributed by atoms with E-state index in [1.54, 1.807) is 48.0 Å². The summed E-state index contributed by atoms with van der Waals surface area (Å²) in [6, 6.07) is 12.2. The van der Waals surface area contributed by atoms with E-state index in [-0.39, 0.29) is 24.3 Å². The molecule has 1 unspecified atom stereocenters. The molecule has 2 aromatic carbocycles. The number of sulfone groups is 1. The van der Waals surface area contributed by atoms with Gasteiger partial charge in [0.25, 0.3) is 5.91 Å². The minimum Gasteiger partial charge on any atom is -0.454 e. The van der Waals surface area contributed by atoms with Crippen LogP contribution in [0.25, 0.3) is 22.3 Å². The van der Waals surface area contributed by atoms with E-state index in [9.17, 15) is 17.6 Å². The molecule has 2 aromatic heterocycles. The summed E-state index contributed by atoms with van der Waals surface area (Å²) in [5.74, 6) is 0.383. The first-order valence-electron chi connectivity index (χ1n) is 11.3. The monoisotopic (exact) mass is 508 g/mol. The maximum atomic E-state index is 13.6. The van der Waals surface area contributed by atoms with Crippen LogP contribution in [0.4, 0.5) is 10.1 Å². The van der Waals surface area contributed by atoms with Gasteiger partial charge in [-0.15, -0.1) is 0 Å². The first-order valence-corrected chi connectivity index (χ1v) is 13.2. The van der Waals surface area contributed by atoms with Crippen LogP contribution in [-0.4, -0.2) is 47.4 Å². The van der Waals surface area contributed by atoms with Crippen molar-refractivity contribution >= 4 is 32.5 Å². The van der Waals surface area contributed by atoms with Crippen molar-refractivity contribution in [1.82, 2.24) is 14.8 Å². The van der Waals surface area contributed by atoms with Crippen LogP contribution in [0, 0.1) is 12.7 Å². The third kappa shape index (κ3) is 3.95. The van der Waals surface area contributed by atoms with Gasteiger partial charge in [0.15, 0.2) is 27.0 Å². The Kier molecular flexibility index (Phi) is 5.18. The summed E-state index contributed by atoms with van der Waals surface area (Å²) in [4.78, 5) is 18.3. The van der Waals surface area contributed by atoms with Gasteiger partial charge in [-0.25, -0.2) is 22.5 Å². The van der Waals surface area contributed by atoms with Crippen molar-refractivity contribution in [2.75, 3.05) is 23.6 Å². The molecule has 4 aromatic rings. The van der Waals surface area contributed by atoms with Crippen LogP contribution >= 0.6 is 0 Å². The number of carbonyl (C=O) groups excluding carboxylic acids is 1. The number of pyridine rings is 1. The van der Waals surface area contributed by atoms with Crippen molar-refractivity contribution in [2.45, 2.75) is 19.4 Å². The molecule has 1 N–H and O–H groups in total. The molecule has 11 heteroatoms. The molecule has 9 nitrogen and oxygen atoms in total. The number of benzene rings is 2. The van der Waals surface area contributed by atoms with E-state index in [1.165, 1.54) is 12.1 Å². The number of carbonyl (C=O) groups is 1. The molecule has 0 radical (unpaired) electrons. The molecular weight excluding hydrogens is 487 g/mol. The van der Waals surface area contributed by atoms with E-state index in [1.807, 2.05) is 0 Å². The van der Waals surface area contributed by atoms with E-state index in [0.717, 1.165) is 0 Å². The first kappa shape index (κ1) is 22.5. The van der Waals surface area contributed by atoms with Gasteiger partial charge in [-0.1, -0.05) is 0 Å². The molecule has 1 amide bonds. The molecule has 184 valence electrons. The summed E-state index contributed by atoms with van der Waals surface area (Å²) in [5, 5.41) is 8.02. The van der Waals surface area contributed by atoms with Gasteiger partial charge in [-0.05, 0) is 55.8 Å². The Morgan fingerprint density at radius 2 is 1.89 bits per heavy atom. The van der Waals surface area contributed by atoms with Crippen molar-refractivity contribution in [3.05, 3.63) is 65.6 Å². The Morgan fingerprint density at radius 3 is 2.64 bits per heavy atom. The number of ether oxygens (including phenoxy) is 2. The smallest absolute Gasteiger partial charge is 0.256 e. The second-order valence-electron chi connectivity index (χ2n) is 8.87. The molecule has 2 aliphatic rings. The lowest BCUT2D eigenvalue weighted by Gasteiger charge is -2.12. The Morgan fingerprint density at radius 1 is 1.11 bits per heavy atom. The number of fused-ring (bicyclic) bond motifs is 2. The van der Waals surface area contributed by atoms with Gasteiger partial charge in [-0.3, -0.25) is 4.79 Å². The number of hydrogen-bond acceptors (Lipinski definition) is 7. The lowest BCUT2D eigenvalue weighted by atomic mass is 10.0. The van der Waals surface area contributed by atoms with Crippen molar-refractivity contribution in [3.8, 4) is 22.8 Å². The molecule has 4 heterocycles. The van der Waals surface area contributed by atoms with E-state index in [0.29, 0.717) is 57.2 Å². The van der Waals surface area contributed by atoms with Gasteiger partial charge in [0, 0.05) is 17.3 Å². The fourth-order valence-electron chi connectivity index (χ4n) is 4.66. The van der Waals surface area contributed by atoms with Crippen LogP contribution in [0.3, 0.4) is 0 Å². The van der Waals surface area contributed by atoms with Crippen LogP contribution in [0.5, 0.6) is 11.5 Å². The summed E-state index contributed by atoms with van der Waals surface area (Å²) in [6.45, 7) is 1.88. The normalized spacial score (nSPS) is 18.0. The van der Waals surface area contributed by atoms with Gasteiger partial charge < -0.3 is 14.8 Å². The summed E-state index contributed by atoms with van der Waals surface area (Å²) in [6.07, 6.45) is 0.416. The van der Waals surface area contributed by atoms with E-state index in [2.05, 4.69) is 10.4 Å². The third-order valence-electron chi connectivity index (χ3n) is 6.41. The van der Waals surface area contributed by atoms with E-state index in [4.69, 9.17) is 14.5 Å². The topological polar surface area (TPSA) is 112 Å². The molecule has 1 atom stereocenters. The maximum absolute atomic E-state index is 13.6. The molecule has 1 fully saturated rings. The Labute approximate surface area is 205 Å². The molecule has 1 saturated heterocycles. The predicted molar refractivity (Wildman–Crippen MR) is 130 cm³/mol. The van der Waals surface area contributed by atoms with Crippen molar-refractivity contribution in [1.29, 1.82) is 0 Å². The quantitative estimate of drug-likeness (QED) is 0.445. The zero-order chi connectivity index (χ0) is 25.0. The van der Waals surface area contributed by atoms with Crippen molar-refractivity contribution in [3.63, 3.8) is 0 Å². The van der Waals surface area contributed by atoms with Crippen LogP contribution in [0.2, 0.25) is 0 Å². The fraction of sp³-hybridized carbons (Fsp3) is 0.240. The number of nitrogens with one attached hydrogen (secondary N) is 1. The molecule has 0 saturated carbocycles. The Hall–Kier alpha value is -3.99. The lowest BCUT2D eigenvalue weighted by Crippen LogP contribution is -2.15. The average Bonchev–Trinajstić information content (AvgIpc) is 3.55. The summed E-state index contributed by atoms with van der Waals surface area (Å²) >= 11 is 0. The zero-order valence-electron chi connectivity index (χ0n) is 19.2. The SMILES string of the molecule is Cc1nn(C2CCS(=O)(=O)C2)c2nc(-c3ccc(F)cc3)cc(C(=O)Nc3ccc4c(c3)OCO4)c12. The van der Waals surface area contributed by atoms with Crippen LogP contribution < -0.4 is 14.8 Å². The van der Waals surface area contributed by atoms with E-state index < -0.39 is 21.6 Å². The number of aryl methyl sites for hydroxylation is 1. The minimum absolute atomic E-state index is 0.0373. The molecule has 0 bridgehead atoms. The minimum atomic E-state index is -3.17. The summed E-state index contributed by atoms with van der Waals surface area (Å²) in [5.41, 5.74) is 2.86. The number of hydrogen-bond donors (Lipinski definition) is 1. The molecule has 0 spiro atoms. The summed E-state index contributed by atoms with van der Waals surface area (Å²) in [7, 11) is -3.17. The van der Waals surface area contributed by atoms with Gasteiger partial charge in [0.05, 0.1) is 39.9 Å². The molecule has 2 aliphatic heterocycles. The standard InChI is InChI=1S/C25H21FN4O5S/c1-14-23-19(25(31)27-17-6-7-21-22(10-17)35-13-34-21)11-20(15-2-4-16(26)5-3-15)28-24(23)30(29-14)18-8-9-36(32,33)12-18/h2-7,10-11,18H,8-9,12-13H2,1H3,(H,27,31). The highest BCUT2D eigenvalue weighted by Gasteiger charge is 2.32. The molecule has 6 rings (SSSR count). The second kappa shape index (κ2) is 8.30. The van der Waals surface area contributed by atoms with Crippen molar-refractivity contribution < 1.29 is 27.1 Å². The number of aromatic nitrogens is 3. The maximum Gasteiger partial charge on any atom is 0.256 e. The van der Waals surface area contributed by atoms with E-state index >= 15 is 0 Å². The number of nitrogens with zero attached hydrogens (tertiary/aromatic N) is 3. The Balaban J connectivity index is 1.48. The highest BCUT2D eigenvalue weighted by molar-refractivity contribution is 7.91. The Bertz CT molecular complexity index is 1630. The van der Waals surface area contributed by atoms with Crippen LogP contribution in [0.15, 0.2) is 48.5 Å². The largest absolute Gasteiger partial charge is 0.454 e. The fourth-order valence-corrected chi connectivity index (χ4v) is 6.35. The third-order valence-corrected chi connectivity index (χ3v) is 8.16. The molecule has 36 heavy (non-hydrogen) atoms. The molecule has 0 aliphatic carbocycles. The van der Waals surface area contributed by atoms with Crippen LogP contribution in [0.1, 0.15) is 28.5 Å². The second-order valence-corrected chi connectivity index (χ2v) is 11.1. The highest BCUT2D eigenvalue weighted by atomic mass is 32.2. The zero-order valence-corrected chi connectivity index (χ0v) is 20.0. The number of anilines is 1. The summed E-state index contributed by atoms with van der Waals surface area (Å²) < 4.78 is 50.2.